The van der Waals surface area contributed by atoms with Gasteiger partial charge in [-0.15, -0.1) is 11.3 Å². The van der Waals surface area contributed by atoms with Gasteiger partial charge in [0.05, 0.1) is 16.4 Å². The van der Waals surface area contributed by atoms with Crippen LogP contribution in [0, 0.1) is 0 Å². The fourth-order valence-corrected chi connectivity index (χ4v) is 3.48. The summed E-state index contributed by atoms with van der Waals surface area (Å²) in [5.41, 5.74) is 0. The molecular weight excluding hydrogens is 344 g/mol. The van der Waals surface area contributed by atoms with E-state index >= 15 is 0 Å². The molecule has 0 radical (unpaired) electrons. The predicted octanol–water partition coefficient (Wildman–Crippen LogP) is 2.25. The number of hydrogen-bond acceptors (Lipinski definition) is 6. The van der Waals surface area contributed by atoms with Gasteiger partial charge in [-0.1, -0.05) is 5.16 Å². The number of carbonyl (C=O) groups excluding carboxylic acids is 1. The summed E-state index contributed by atoms with van der Waals surface area (Å²) in [4.78, 5) is 17.1. The molecule has 1 saturated heterocycles. The van der Waals surface area contributed by atoms with Crippen molar-refractivity contribution in [1.29, 1.82) is 0 Å². The first-order chi connectivity index (χ1) is 9.72. The fraction of sp³-hybridized carbons (Fsp3) is 0.417. The molecule has 1 atom stereocenters. The molecule has 1 fully saturated rings. The van der Waals surface area contributed by atoms with E-state index in [9.17, 15) is 4.79 Å². The summed E-state index contributed by atoms with van der Waals surface area (Å²) in [6, 6.07) is 3.99. The molecule has 106 valence electrons. The molecular formula is C12H13BrN4O2S. The highest BCUT2D eigenvalue weighted by Gasteiger charge is 2.24. The van der Waals surface area contributed by atoms with Gasteiger partial charge in [-0.2, -0.15) is 4.98 Å². The molecule has 1 amide bonds. The first-order valence-electron chi connectivity index (χ1n) is 6.32. The van der Waals surface area contributed by atoms with Gasteiger partial charge >= 0.3 is 0 Å². The maximum Gasteiger partial charge on any atom is 0.292 e. The van der Waals surface area contributed by atoms with Crippen molar-refractivity contribution in [2.24, 2.45) is 0 Å². The molecule has 2 N–H and O–H groups in total. The van der Waals surface area contributed by atoms with E-state index in [0.29, 0.717) is 12.4 Å². The van der Waals surface area contributed by atoms with Crippen LogP contribution >= 0.6 is 27.3 Å². The summed E-state index contributed by atoms with van der Waals surface area (Å²) in [5, 5.41) is 9.77. The molecule has 8 heteroatoms. The van der Waals surface area contributed by atoms with E-state index in [4.69, 9.17) is 4.52 Å². The molecule has 0 aromatic carbocycles. The van der Waals surface area contributed by atoms with Crippen LogP contribution in [0.15, 0.2) is 20.4 Å². The first-order valence-corrected chi connectivity index (χ1v) is 7.93. The third-order valence-corrected chi connectivity index (χ3v) is 4.68. The van der Waals surface area contributed by atoms with E-state index in [1.54, 1.807) is 11.3 Å². The Labute approximate surface area is 128 Å². The van der Waals surface area contributed by atoms with Crippen LogP contribution in [0.2, 0.25) is 0 Å². The molecule has 0 aliphatic carbocycles. The number of carbonyl (C=O) groups is 1. The van der Waals surface area contributed by atoms with Gasteiger partial charge in [0.25, 0.3) is 11.7 Å². The standard InChI is InChI=1S/C12H13BrN4O2S/c13-9-4-3-7(20-9)6-15-11(18)10-16-12(19-17-10)8-2-1-5-14-8/h3-4,8,14H,1-2,5-6H2,(H,15,18). The predicted molar refractivity (Wildman–Crippen MR) is 77.5 cm³/mol. The van der Waals surface area contributed by atoms with Crippen molar-refractivity contribution in [2.45, 2.75) is 25.4 Å². The van der Waals surface area contributed by atoms with Crippen LogP contribution in [0.5, 0.6) is 0 Å². The summed E-state index contributed by atoms with van der Waals surface area (Å²) < 4.78 is 6.17. The zero-order valence-electron chi connectivity index (χ0n) is 10.6. The highest BCUT2D eigenvalue weighted by atomic mass is 79.9. The lowest BCUT2D eigenvalue weighted by Gasteiger charge is -2.01. The summed E-state index contributed by atoms with van der Waals surface area (Å²) in [5.74, 6) is 0.262. The number of aromatic nitrogens is 2. The molecule has 1 aliphatic heterocycles. The first kappa shape index (κ1) is 13.7. The number of amides is 1. The molecule has 1 aliphatic rings. The number of rotatable bonds is 4. The summed E-state index contributed by atoms with van der Waals surface area (Å²) in [6.45, 7) is 1.41. The third kappa shape index (κ3) is 3.08. The average Bonchev–Trinajstić information content (AvgIpc) is 3.16. The number of hydrogen-bond donors (Lipinski definition) is 2. The largest absolute Gasteiger partial charge is 0.344 e. The number of nitrogens with one attached hydrogen (secondary N) is 2. The second-order valence-electron chi connectivity index (χ2n) is 4.49. The number of nitrogens with zero attached hydrogens (tertiary/aromatic N) is 2. The normalized spacial score (nSPS) is 18.4. The maximum absolute atomic E-state index is 11.9. The molecule has 0 spiro atoms. The van der Waals surface area contributed by atoms with Gasteiger partial charge in [0.1, 0.15) is 0 Å². The summed E-state index contributed by atoms with van der Waals surface area (Å²) in [7, 11) is 0. The quantitative estimate of drug-likeness (QED) is 0.877. The minimum atomic E-state index is -0.317. The number of halogens is 1. The Kier molecular flexibility index (Phi) is 4.13. The highest BCUT2D eigenvalue weighted by Crippen LogP contribution is 2.22. The van der Waals surface area contributed by atoms with Gasteiger partial charge in [-0.25, -0.2) is 0 Å². The Hall–Kier alpha value is -1.25. The monoisotopic (exact) mass is 356 g/mol. The van der Waals surface area contributed by atoms with Crippen molar-refractivity contribution in [3.8, 4) is 0 Å². The average molecular weight is 357 g/mol. The number of thiophene rings is 1. The van der Waals surface area contributed by atoms with Crippen LogP contribution in [0.3, 0.4) is 0 Å². The second-order valence-corrected chi connectivity index (χ2v) is 7.04. The minimum absolute atomic E-state index is 0.0808. The molecule has 3 rings (SSSR count). The topological polar surface area (TPSA) is 80.0 Å². The Morgan fingerprint density at radius 1 is 1.60 bits per heavy atom. The van der Waals surface area contributed by atoms with E-state index in [1.807, 2.05) is 12.1 Å². The fourth-order valence-electron chi connectivity index (χ4n) is 2.06. The Balaban J connectivity index is 1.59. The van der Waals surface area contributed by atoms with Crippen LogP contribution < -0.4 is 10.6 Å². The summed E-state index contributed by atoms with van der Waals surface area (Å²) >= 11 is 4.96. The molecule has 2 aromatic heterocycles. The van der Waals surface area contributed by atoms with Crippen LogP contribution in [-0.4, -0.2) is 22.6 Å². The van der Waals surface area contributed by atoms with Crippen molar-refractivity contribution in [3.63, 3.8) is 0 Å². The highest BCUT2D eigenvalue weighted by molar-refractivity contribution is 9.11. The van der Waals surface area contributed by atoms with Gasteiger partial charge in [-0.05, 0) is 47.4 Å². The lowest BCUT2D eigenvalue weighted by molar-refractivity contribution is 0.0938. The molecule has 2 aromatic rings. The van der Waals surface area contributed by atoms with Crippen molar-refractivity contribution in [1.82, 2.24) is 20.8 Å². The van der Waals surface area contributed by atoms with Crippen molar-refractivity contribution < 1.29 is 9.32 Å². The zero-order valence-corrected chi connectivity index (χ0v) is 13.0. The zero-order chi connectivity index (χ0) is 13.9. The van der Waals surface area contributed by atoms with Gasteiger partial charge in [0, 0.05) is 4.88 Å². The van der Waals surface area contributed by atoms with Crippen LogP contribution in [0.25, 0.3) is 0 Å². The lowest BCUT2D eigenvalue weighted by Crippen LogP contribution is -2.23. The minimum Gasteiger partial charge on any atom is -0.344 e. The molecule has 0 bridgehead atoms. The van der Waals surface area contributed by atoms with Crippen LogP contribution in [-0.2, 0) is 6.54 Å². The molecule has 3 heterocycles. The summed E-state index contributed by atoms with van der Waals surface area (Å²) in [6.07, 6.45) is 2.05. The third-order valence-electron chi connectivity index (χ3n) is 3.06. The molecule has 1 unspecified atom stereocenters. The molecule has 20 heavy (non-hydrogen) atoms. The van der Waals surface area contributed by atoms with Gasteiger partial charge in [0.15, 0.2) is 0 Å². The molecule has 0 saturated carbocycles. The van der Waals surface area contributed by atoms with Gasteiger partial charge in [0.2, 0.25) is 5.89 Å². The Morgan fingerprint density at radius 3 is 3.20 bits per heavy atom. The van der Waals surface area contributed by atoms with E-state index in [-0.39, 0.29) is 17.8 Å². The van der Waals surface area contributed by atoms with E-state index < -0.39 is 0 Å². The Bertz CT molecular complexity index is 606. The van der Waals surface area contributed by atoms with E-state index in [2.05, 4.69) is 36.7 Å². The van der Waals surface area contributed by atoms with Gasteiger partial charge < -0.3 is 15.2 Å². The Morgan fingerprint density at radius 2 is 2.50 bits per heavy atom. The maximum atomic E-state index is 11.9. The van der Waals surface area contributed by atoms with E-state index in [0.717, 1.165) is 28.0 Å². The van der Waals surface area contributed by atoms with Crippen LogP contribution in [0.1, 0.15) is 40.3 Å². The lowest BCUT2D eigenvalue weighted by atomic mass is 10.2. The van der Waals surface area contributed by atoms with Crippen molar-refractivity contribution >= 4 is 33.2 Å². The smallest absolute Gasteiger partial charge is 0.292 e. The van der Waals surface area contributed by atoms with Crippen molar-refractivity contribution in [2.75, 3.05) is 6.54 Å². The second kappa shape index (κ2) is 6.02. The van der Waals surface area contributed by atoms with Crippen molar-refractivity contribution in [3.05, 3.63) is 32.5 Å². The SMILES string of the molecule is O=C(NCc1ccc(Br)s1)c1noc(C2CCCN2)n1. The van der Waals surface area contributed by atoms with Crippen LogP contribution in [0.4, 0.5) is 0 Å². The van der Waals surface area contributed by atoms with E-state index in [1.165, 1.54) is 0 Å². The molecule has 6 nitrogen and oxygen atoms in total. The van der Waals surface area contributed by atoms with Gasteiger partial charge in [-0.3, -0.25) is 4.79 Å².